The molecular weight excluding hydrogens is 336 g/mol. The highest BCUT2D eigenvalue weighted by atomic mass is 16.3. The van der Waals surface area contributed by atoms with Gasteiger partial charge in [-0.15, -0.1) is 0 Å². The van der Waals surface area contributed by atoms with Crippen LogP contribution >= 0.6 is 0 Å². The van der Waals surface area contributed by atoms with Gasteiger partial charge >= 0.3 is 0 Å². The highest BCUT2D eigenvalue weighted by Gasteiger charge is 2.77. The average Bonchev–Trinajstić information content (AvgIpc) is 2.72. The van der Waals surface area contributed by atoms with Crippen molar-refractivity contribution in [1.82, 2.24) is 0 Å². The summed E-state index contributed by atoms with van der Waals surface area (Å²) in [7, 11) is 0. The Labute approximate surface area is 154 Å². The predicted molar refractivity (Wildman–Crippen MR) is 92.9 cm³/mol. The van der Waals surface area contributed by atoms with Gasteiger partial charge in [0.2, 0.25) is 0 Å². The zero-order valence-corrected chi connectivity index (χ0v) is 15.6. The quantitative estimate of drug-likeness (QED) is 0.471. The Morgan fingerprint density at radius 1 is 1.00 bits per heavy atom. The molecule has 5 N–H and O–H groups in total. The maximum absolute atomic E-state index is 13.4. The van der Waals surface area contributed by atoms with Crippen molar-refractivity contribution in [3.8, 4) is 0 Å². The molecule has 0 radical (unpaired) electrons. The van der Waals surface area contributed by atoms with Gasteiger partial charge in [0.05, 0.1) is 36.9 Å². The number of carbonyl (C=O) groups is 1. The second-order valence-corrected chi connectivity index (χ2v) is 9.94. The number of hydrogen-bond acceptors (Lipinski definition) is 6. The van der Waals surface area contributed by atoms with Gasteiger partial charge in [0, 0.05) is 11.3 Å². The summed E-state index contributed by atoms with van der Waals surface area (Å²) in [6.45, 7) is 3.63. The maximum atomic E-state index is 13.4. The normalized spacial score (nSPS) is 55.3. The third kappa shape index (κ3) is 1.88. The van der Waals surface area contributed by atoms with Crippen LogP contribution < -0.4 is 0 Å². The monoisotopic (exact) mass is 368 g/mol. The van der Waals surface area contributed by atoms with E-state index in [1.54, 1.807) is 0 Å². The van der Waals surface area contributed by atoms with E-state index in [1.807, 2.05) is 0 Å². The zero-order valence-electron chi connectivity index (χ0n) is 15.6. The van der Waals surface area contributed by atoms with E-state index in [-0.39, 0.29) is 42.7 Å². The molecule has 4 aliphatic rings. The van der Waals surface area contributed by atoms with Gasteiger partial charge in [0.1, 0.15) is 5.78 Å². The third-order valence-corrected chi connectivity index (χ3v) is 8.94. The van der Waals surface area contributed by atoms with E-state index in [9.17, 15) is 30.3 Å². The number of carbonyl (C=O) groups excluding carboxylic acids is 1. The van der Waals surface area contributed by atoms with Crippen LogP contribution in [0.1, 0.15) is 46.0 Å². The molecule has 1 unspecified atom stereocenters. The number of fused-ring (bicyclic) bond motifs is 3. The van der Waals surface area contributed by atoms with E-state index < -0.39 is 41.0 Å². The third-order valence-electron chi connectivity index (χ3n) is 8.94. The molecule has 4 saturated carbocycles. The van der Waals surface area contributed by atoms with Gasteiger partial charge in [-0.1, -0.05) is 13.8 Å². The van der Waals surface area contributed by atoms with Crippen LogP contribution in [-0.2, 0) is 4.79 Å². The number of Topliss-reactive ketones (excluding diaryl/α,β-unsaturated/α-hetero) is 1. The highest BCUT2D eigenvalue weighted by molar-refractivity contribution is 5.92. The van der Waals surface area contributed by atoms with Crippen LogP contribution in [0.15, 0.2) is 0 Å². The molecule has 9 atom stereocenters. The lowest BCUT2D eigenvalue weighted by Crippen LogP contribution is -2.71. The molecule has 4 aliphatic carbocycles. The first-order valence-electron chi connectivity index (χ1n) is 9.99. The van der Waals surface area contributed by atoms with Gasteiger partial charge in [0.25, 0.3) is 0 Å². The number of rotatable bonds is 2. The largest absolute Gasteiger partial charge is 0.396 e. The Morgan fingerprint density at radius 2 is 1.69 bits per heavy atom. The summed E-state index contributed by atoms with van der Waals surface area (Å²) in [5, 5.41) is 53.6. The molecule has 2 bridgehead atoms. The lowest BCUT2D eigenvalue weighted by Gasteiger charge is -2.67. The minimum Gasteiger partial charge on any atom is -0.396 e. The molecule has 1 spiro atoms. The first kappa shape index (κ1) is 18.8. The first-order valence-corrected chi connectivity index (χ1v) is 9.99. The van der Waals surface area contributed by atoms with E-state index in [0.29, 0.717) is 19.3 Å². The fourth-order valence-electron chi connectivity index (χ4n) is 7.76. The SMILES string of the molecule is CC1(C)CC[C@H](O)[C@]2(CO)[C@@H]1C[C@@H](O)[C@]13C(=O)C(CO)[C@H](CC[C@@H]21)[C@H]3O. The van der Waals surface area contributed by atoms with E-state index in [0.717, 1.165) is 6.42 Å². The number of ketones is 1. The van der Waals surface area contributed by atoms with Crippen LogP contribution in [0.25, 0.3) is 0 Å². The molecule has 0 aromatic carbocycles. The second kappa shape index (κ2) is 5.74. The lowest BCUT2D eigenvalue weighted by molar-refractivity contribution is -0.267. The summed E-state index contributed by atoms with van der Waals surface area (Å²) in [6, 6.07) is 0. The van der Waals surface area contributed by atoms with Gasteiger partial charge in [0.15, 0.2) is 0 Å². The molecule has 4 fully saturated rings. The summed E-state index contributed by atoms with van der Waals surface area (Å²) in [5.74, 6) is -1.88. The molecule has 0 saturated heterocycles. The Morgan fingerprint density at radius 3 is 2.31 bits per heavy atom. The Balaban J connectivity index is 1.91. The summed E-state index contributed by atoms with van der Waals surface area (Å²) in [6.07, 6.45) is -0.0236. The van der Waals surface area contributed by atoms with Crippen molar-refractivity contribution < 1.29 is 30.3 Å². The molecule has 0 amide bonds. The topological polar surface area (TPSA) is 118 Å². The van der Waals surface area contributed by atoms with E-state index in [2.05, 4.69) is 13.8 Å². The number of hydrogen-bond donors (Lipinski definition) is 5. The van der Waals surface area contributed by atoms with E-state index >= 15 is 0 Å². The molecule has 0 heterocycles. The van der Waals surface area contributed by atoms with Crippen molar-refractivity contribution >= 4 is 5.78 Å². The van der Waals surface area contributed by atoms with Crippen molar-refractivity contribution in [3.05, 3.63) is 0 Å². The van der Waals surface area contributed by atoms with Crippen molar-refractivity contribution in [2.45, 2.75) is 64.3 Å². The Hall–Kier alpha value is -0.530. The van der Waals surface area contributed by atoms with E-state index in [4.69, 9.17) is 0 Å². The molecule has 0 aliphatic heterocycles. The molecule has 6 heteroatoms. The van der Waals surface area contributed by atoms with Crippen LogP contribution in [0.3, 0.4) is 0 Å². The van der Waals surface area contributed by atoms with Crippen molar-refractivity contribution in [2.75, 3.05) is 13.2 Å². The van der Waals surface area contributed by atoms with Crippen LogP contribution in [0.5, 0.6) is 0 Å². The summed E-state index contributed by atoms with van der Waals surface area (Å²) < 4.78 is 0. The molecule has 26 heavy (non-hydrogen) atoms. The average molecular weight is 368 g/mol. The molecule has 148 valence electrons. The molecule has 0 aromatic heterocycles. The number of aliphatic hydroxyl groups excluding tert-OH is 5. The maximum Gasteiger partial charge on any atom is 0.150 e. The zero-order chi connectivity index (χ0) is 19.1. The predicted octanol–water partition coefficient (Wildman–Crippen LogP) is 0.0915. The lowest BCUT2D eigenvalue weighted by atomic mass is 9.38. The standard InChI is InChI=1S/C20H32O6/c1-18(2)6-5-14(23)19(9-22)12-4-3-10-11(8-21)17(26)20(12,16(10)25)15(24)7-13(18)19/h10-16,21-25H,3-9H2,1-2H3/t10-,11?,12-,13+,14-,15+,16+,19-,20+/m0/s1. The smallest absolute Gasteiger partial charge is 0.150 e. The highest BCUT2D eigenvalue weighted by Crippen LogP contribution is 2.71. The first-order chi connectivity index (χ1) is 12.2. The molecule has 0 aromatic rings. The minimum atomic E-state index is -1.37. The minimum absolute atomic E-state index is 0.126. The molecule has 6 nitrogen and oxygen atoms in total. The van der Waals surface area contributed by atoms with Gasteiger partial charge in [-0.2, -0.15) is 0 Å². The summed E-state index contributed by atoms with van der Waals surface area (Å²) in [4.78, 5) is 13.4. The van der Waals surface area contributed by atoms with Crippen LogP contribution in [0.2, 0.25) is 0 Å². The molecule has 4 rings (SSSR count). The summed E-state index contributed by atoms with van der Waals surface area (Å²) >= 11 is 0. The molecular formula is C20H32O6. The fraction of sp³-hybridized carbons (Fsp3) is 0.950. The van der Waals surface area contributed by atoms with Crippen molar-refractivity contribution in [3.63, 3.8) is 0 Å². The van der Waals surface area contributed by atoms with Crippen molar-refractivity contribution in [1.29, 1.82) is 0 Å². The van der Waals surface area contributed by atoms with Gasteiger partial charge in [-0.05, 0) is 55.3 Å². The fourth-order valence-corrected chi connectivity index (χ4v) is 7.76. The Kier molecular flexibility index (Phi) is 4.15. The van der Waals surface area contributed by atoms with Crippen LogP contribution in [-0.4, -0.2) is 62.8 Å². The van der Waals surface area contributed by atoms with Gasteiger partial charge < -0.3 is 25.5 Å². The number of aliphatic hydroxyl groups is 5. The van der Waals surface area contributed by atoms with Crippen LogP contribution in [0.4, 0.5) is 0 Å². The second-order valence-electron chi connectivity index (χ2n) is 9.94. The summed E-state index contributed by atoms with van der Waals surface area (Å²) in [5.41, 5.74) is -2.44. The van der Waals surface area contributed by atoms with Crippen LogP contribution in [0, 0.1) is 39.9 Å². The van der Waals surface area contributed by atoms with Gasteiger partial charge in [-0.25, -0.2) is 0 Å². The van der Waals surface area contributed by atoms with E-state index in [1.165, 1.54) is 0 Å². The Bertz CT molecular complexity index is 605. The van der Waals surface area contributed by atoms with Gasteiger partial charge in [-0.3, -0.25) is 4.79 Å². The van der Waals surface area contributed by atoms with Crippen molar-refractivity contribution in [2.24, 2.45) is 39.9 Å².